The minimum atomic E-state index is -4.77. The van der Waals surface area contributed by atoms with Crippen LogP contribution in [0.25, 0.3) is 27.1 Å². The van der Waals surface area contributed by atoms with Crippen molar-refractivity contribution in [1.82, 2.24) is 34.0 Å². The number of amides is 1. The molecule has 5 aromatic rings. The SMILES string of the molecule is Cc1nn(C)cc1-c1cc(C(F)(F)F)n2nc(C(=O)Nn3c(C)nc4sc5c(c4c3=O)CCC5)cc2n1. The summed E-state index contributed by atoms with van der Waals surface area (Å²) >= 11 is 1.47. The highest BCUT2D eigenvalue weighted by Gasteiger charge is 2.36. The first-order chi connectivity index (χ1) is 17.5. The minimum absolute atomic E-state index is 0.0466. The lowest BCUT2D eigenvalue weighted by atomic mass is 10.1. The second kappa shape index (κ2) is 7.96. The predicted molar refractivity (Wildman–Crippen MR) is 129 cm³/mol. The van der Waals surface area contributed by atoms with Crippen LogP contribution in [-0.4, -0.2) is 39.9 Å². The van der Waals surface area contributed by atoms with Crippen molar-refractivity contribution in [1.29, 1.82) is 0 Å². The smallest absolute Gasteiger partial charge is 0.275 e. The molecule has 0 aromatic carbocycles. The summed E-state index contributed by atoms with van der Waals surface area (Å²) in [5.41, 5.74) is 2.34. The summed E-state index contributed by atoms with van der Waals surface area (Å²) in [6, 6.07) is 2.02. The molecule has 0 atom stereocenters. The number of rotatable bonds is 3. The summed E-state index contributed by atoms with van der Waals surface area (Å²) in [6.07, 6.45) is -0.601. The van der Waals surface area contributed by atoms with Crippen LogP contribution in [0.1, 0.15) is 44.6 Å². The number of aryl methyl sites for hydroxylation is 5. The Bertz CT molecular complexity index is 1810. The van der Waals surface area contributed by atoms with Crippen molar-refractivity contribution in [3.05, 3.63) is 62.0 Å². The van der Waals surface area contributed by atoms with E-state index >= 15 is 0 Å². The molecule has 5 aromatic heterocycles. The van der Waals surface area contributed by atoms with Crippen LogP contribution in [0.15, 0.2) is 23.1 Å². The average Bonchev–Trinajstić information content (AvgIpc) is 3.57. The lowest BCUT2D eigenvalue weighted by molar-refractivity contribution is -0.142. The fraction of sp³-hybridized carbons (Fsp3) is 0.304. The molecule has 5 heterocycles. The molecule has 0 saturated carbocycles. The molecule has 1 N–H and O–H groups in total. The van der Waals surface area contributed by atoms with E-state index in [4.69, 9.17) is 0 Å². The Balaban J connectivity index is 1.43. The van der Waals surface area contributed by atoms with E-state index in [1.54, 1.807) is 27.1 Å². The third-order valence-corrected chi connectivity index (χ3v) is 7.55. The first-order valence-electron chi connectivity index (χ1n) is 11.3. The van der Waals surface area contributed by atoms with Gasteiger partial charge in [0.15, 0.2) is 17.0 Å². The highest BCUT2D eigenvalue weighted by molar-refractivity contribution is 7.18. The van der Waals surface area contributed by atoms with E-state index in [9.17, 15) is 22.8 Å². The number of nitrogens with one attached hydrogen (secondary N) is 1. The number of carbonyl (C=O) groups is 1. The van der Waals surface area contributed by atoms with Gasteiger partial charge >= 0.3 is 6.18 Å². The fourth-order valence-corrected chi connectivity index (χ4v) is 6.01. The van der Waals surface area contributed by atoms with Gasteiger partial charge in [0.05, 0.1) is 16.8 Å². The molecule has 1 aliphatic rings. The van der Waals surface area contributed by atoms with Crippen molar-refractivity contribution < 1.29 is 18.0 Å². The Morgan fingerprint density at radius 3 is 2.62 bits per heavy atom. The van der Waals surface area contributed by atoms with Crippen LogP contribution < -0.4 is 11.0 Å². The molecule has 0 saturated heterocycles. The maximum atomic E-state index is 13.9. The number of hydrogen-bond donors (Lipinski definition) is 1. The quantitative estimate of drug-likeness (QED) is 0.384. The third-order valence-electron chi connectivity index (χ3n) is 6.36. The molecule has 6 rings (SSSR count). The molecule has 0 spiro atoms. The van der Waals surface area contributed by atoms with Gasteiger partial charge in [-0.05, 0) is 44.7 Å². The molecule has 1 amide bonds. The first-order valence-corrected chi connectivity index (χ1v) is 12.2. The summed E-state index contributed by atoms with van der Waals surface area (Å²) in [7, 11) is 1.65. The molecule has 0 fully saturated rings. The van der Waals surface area contributed by atoms with E-state index in [-0.39, 0.29) is 22.9 Å². The van der Waals surface area contributed by atoms with E-state index in [0.717, 1.165) is 46.5 Å². The maximum absolute atomic E-state index is 13.9. The van der Waals surface area contributed by atoms with Crippen LogP contribution in [0.2, 0.25) is 0 Å². The summed E-state index contributed by atoms with van der Waals surface area (Å²) in [5, 5.41) is 8.51. The van der Waals surface area contributed by atoms with Crippen molar-refractivity contribution >= 4 is 33.1 Å². The number of nitrogens with zero attached hydrogens (tertiary/aromatic N) is 7. The standard InChI is InChI=1S/C23H19F3N8O2S/c1-10-13(9-32(3)29-10)14-7-17(23(24,25)26)34-18(28-14)8-15(30-34)20(35)31-33-11(2)27-21-19(22(33)36)12-5-4-6-16(12)37-21/h7-9H,4-6H2,1-3H3,(H,31,35). The number of hydrogen-bond acceptors (Lipinski definition) is 7. The molecule has 0 radical (unpaired) electrons. The van der Waals surface area contributed by atoms with E-state index in [1.807, 2.05) is 0 Å². The zero-order valence-electron chi connectivity index (χ0n) is 19.8. The molecule has 190 valence electrons. The molecule has 0 aliphatic heterocycles. The monoisotopic (exact) mass is 528 g/mol. The van der Waals surface area contributed by atoms with Gasteiger partial charge in [0, 0.05) is 29.8 Å². The highest BCUT2D eigenvalue weighted by atomic mass is 32.1. The van der Waals surface area contributed by atoms with Gasteiger partial charge in [0.1, 0.15) is 10.7 Å². The Morgan fingerprint density at radius 1 is 1.14 bits per heavy atom. The van der Waals surface area contributed by atoms with Gasteiger partial charge in [-0.25, -0.2) is 19.2 Å². The highest BCUT2D eigenvalue weighted by Crippen LogP contribution is 2.35. The van der Waals surface area contributed by atoms with Crippen LogP contribution in [0, 0.1) is 13.8 Å². The molecule has 1 aliphatic carbocycles. The van der Waals surface area contributed by atoms with E-state index in [0.29, 0.717) is 26.0 Å². The molecule has 0 bridgehead atoms. The van der Waals surface area contributed by atoms with Crippen LogP contribution in [0.3, 0.4) is 0 Å². The van der Waals surface area contributed by atoms with Gasteiger partial charge in [-0.1, -0.05) is 0 Å². The Kier molecular flexibility index (Phi) is 5.02. The number of halogens is 3. The number of fused-ring (bicyclic) bond motifs is 4. The van der Waals surface area contributed by atoms with Crippen molar-refractivity contribution in [2.45, 2.75) is 39.3 Å². The van der Waals surface area contributed by atoms with Gasteiger partial charge < -0.3 is 0 Å². The Morgan fingerprint density at radius 2 is 1.92 bits per heavy atom. The number of carbonyl (C=O) groups excluding carboxylic acids is 1. The van der Waals surface area contributed by atoms with Gasteiger partial charge in [-0.15, -0.1) is 11.3 Å². The van der Waals surface area contributed by atoms with E-state index in [1.165, 1.54) is 16.0 Å². The molecular formula is C23H19F3N8O2S. The zero-order chi connectivity index (χ0) is 26.2. The molecular weight excluding hydrogens is 509 g/mol. The lowest BCUT2D eigenvalue weighted by Gasteiger charge is -2.11. The number of alkyl halides is 3. The molecule has 0 unspecified atom stereocenters. The number of aromatic nitrogens is 7. The van der Waals surface area contributed by atoms with Crippen molar-refractivity contribution in [2.24, 2.45) is 7.05 Å². The summed E-state index contributed by atoms with van der Waals surface area (Å²) in [6.45, 7) is 3.24. The fourth-order valence-electron chi connectivity index (χ4n) is 4.71. The minimum Gasteiger partial charge on any atom is -0.275 e. The van der Waals surface area contributed by atoms with Gasteiger partial charge in [-0.2, -0.15) is 23.4 Å². The predicted octanol–water partition coefficient (Wildman–Crippen LogP) is 3.41. The average molecular weight is 529 g/mol. The largest absolute Gasteiger partial charge is 0.433 e. The van der Waals surface area contributed by atoms with Crippen LogP contribution in [0.5, 0.6) is 0 Å². The van der Waals surface area contributed by atoms with Gasteiger partial charge in [0.25, 0.3) is 11.5 Å². The second-order valence-electron chi connectivity index (χ2n) is 8.90. The van der Waals surface area contributed by atoms with Gasteiger partial charge in [0.2, 0.25) is 0 Å². The first kappa shape index (κ1) is 23.3. The van der Waals surface area contributed by atoms with Crippen molar-refractivity contribution in [2.75, 3.05) is 5.43 Å². The Labute approximate surface area is 210 Å². The summed E-state index contributed by atoms with van der Waals surface area (Å²) in [4.78, 5) is 36.8. The topological polar surface area (TPSA) is 112 Å². The molecule has 10 nitrogen and oxygen atoms in total. The van der Waals surface area contributed by atoms with Crippen molar-refractivity contribution in [3.8, 4) is 11.3 Å². The molecule has 37 heavy (non-hydrogen) atoms. The van der Waals surface area contributed by atoms with Crippen LogP contribution in [-0.2, 0) is 26.1 Å². The Hall–Kier alpha value is -4.07. The van der Waals surface area contributed by atoms with Gasteiger partial charge in [-0.3, -0.25) is 19.7 Å². The van der Waals surface area contributed by atoms with E-state index in [2.05, 4.69) is 25.6 Å². The van der Waals surface area contributed by atoms with Crippen molar-refractivity contribution in [3.63, 3.8) is 0 Å². The molecule has 14 heteroatoms. The third kappa shape index (κ3) is 3.70. The van der Waals surface area contributed by atoms with Crippen LogP contribution in [0.4, 0.5) is 13.2 Å². The van der Waals surface area contributed by atoms with Crippen LogP contribution >= 0.6 is 11.3 Å². The zero-order valence-corrected chi connectivity index (χ0v) is 20.7. The van der Waals surface area contributed by atoms with E-state index < -0.39 is 23.3 Å². The second-order valence-corrected chi connectivity index (χ2v) is 9.99. The normalized spacial score (nSPS) is 13.6. The summed E-state index contributed by atoms with van der Waals surface area (Å²) < 4.78 is 44.9. The number of thiophene rings is 1. The maximum Gasteiger partial charge on any atom is 0.433 e. The summed E-state index contributed by atoms with van der Waals surface area (Å²) in [5.74, 6) is -0.617. The lowest BCUT2D eigenvalue weighted by Crippen LogP contribution is -2.35.